The zero-order valence-electron chi connectivity index (χ0n) is 22.8. The second-order valence-electron chi connectivity index (χ2n) is 9.79. The van der Waals surface area contributed by atoms with E-state index in [-0.39, 0.29) is 20.1 Å². The second-order valence-corrected chi connectivity index (χ2v) is 9.79. The van der Waals surface area contributed by atoms with Gasteiger partial charge in [0.25, 0.3) is 11.4 Å². The van der Waals surface area contributed by atoms with Crippen LogP contribution in [0.1, 0.15) is 5.56 Å². The Bertz CT molecular complexity index is 2080. The van der Waals surface area contributed by atoms with Crippen LogP contribution in [0.15, 0.2) is 138 Å². The van der Waals surface area contributed by atoms with E-state index in [1.165, 1.54) is 5.56 Å². The van der Waals surface area contributed by atoms with Gasteiger partial charge >= 0.3 is 6.01 Å². The fourth-order valence-corrected chi connectivity index (χ4v) is 4.97. The minimum Gasteiger partial charge on any atom is -0.483 e. The van der Waals surface area contributed by atoms with E-state index >= 15 is 0 Å². The van der Waals surface area contributed by atoms with E-state index < -0.39 is 0 Å². The molecule has 0 unspecified atom stereocenters. The number of hydrogen-bond donors (Lipinski definition) is 0. The maximum Gasteiger partial charge on any atom is 0.501 e. The average molecular weight is 720 g/mol. The molecular weight excluding hydrogens is 695 g/mol. The van der Waals surface area contributed by atoms with Crippen molar-refractivity contribution in [1.29, 1.82) is 0 Å². The van der Waals surface area contributed by atoms with Crippen molar-refractivity contribution in [1.82, 2.24) is 14.1 Å². The maximum atomic E-state index is 6.06. The summed E-state index contributed by atoms with van der Waals surface area (Å²) in [5, 5.41) is 2.19. The molecule has 0 fully saturated rings. The Morgan fingerprint density at radius 2 is 1.43 bits per heavy atom. The van der Waals surface area contributed by atoms with E-state index in [4.69, 9.17) is 4.42 Å². The number of rotatable bonds is 3. The van der Waals surface area contributed by atoms with Gasteiger partial charge in [-0.05, 0) is 34.2 Å². The van der Waals surface area contributed by atoms with Crippen molar-refractivity contribution in [3.8, 4) is 11.3 Å². The van der Waals surface area contributed by atoms with Crippen LogP contribution in [-0.4, -0.2) is 11.0 Å². The molecule has 0 saturated carbocycles. The third-order valence-electron chi connectivity index (χ3n) is 7.01. The third kappa shape index (κ3) is 5.25. The molecule has 8 rings (SSSR count). The maximum absolute atomic E-state index is 6.06. The summed E-state index contributed by atoms with van der Waals surface area (Å²) in [4.78, 5) is 4.32. The first kappa shape index (κ1) is 27.3. The molecule has 0 spiro atoms. The fraction of sp³-hybridized carbons (Fsp3) is 0.0270. The Morgan fingerprint density at radius 1 is 0.690 bits per heavy atom. The van der Waals surface area contributed by atoms with Gasteiger partial charge in [0.05, 0.1) is 0 Å². The number of para-hydroxylation sites is 4. The Labute approximate surface area is 257 Å². The van der Waals surface area contributed by atoms with E-state index in [1.54, 1.807) is 0 Å². The molecule has 0 amide bonds. The third-order valence-corrected chi connectivity index (χ3v) is 7.01. The Morgan fingerprint density at radius 3 is 2.19 bits per heavy atom. The summed E-state index contributed by atoms with van der Waals surface area (Å²) in [6.45, 7) is 2.03. The van der Waals surface area contributed by atoms with Crippen LogP contribution in [0.5, 0.6) is 0 Å². The van der Waals surface area contributed by atoms with Gasteiger partial charge in [-0.3, -0.25) is 0 Å². The van der Waals surface area contributed by atoms with Crippen molar-refractivity contribution in [2.24, 2.45) is 0 Å². The van der Waals surface area contributed by atoms with E-state index in [0.29, 0.717) is 0 Å². The van der Waals surface area contributed by atoms with Crippen LogP contribution in [0.4, 0.5) is 22.7 Å². The average Bonchev–Trinajstić information content (AvgIpc) is 3.61. The van der Waals surface area contributed by atoms with Crippen molar-refractivity contribution in [2.75, 3.05) is 0 Å². The first-order valence-corrected chi connectivity index (χ1v) is 13.5. The molecular formula is C37H25IrN3O. The minimum atomic E-state index is 0. The topological polar surface area (TPSA) is 32.0 Å². The molecule has 0 bridgehead atoms. The van der Waals surface area contributed by atoms with Crippen LogP contribution in [0, 0.1) is 19.1 Å². The zero-order chi connectivity index (χ0) is 27.6. The number of nitrogens with zero attached hydrogens (tertiary/aromatic N) is 3. The van der Waals surface area contributed by atoms with Gasteiger partial charge in [0.1, 0.15) is 11.3 Å². The monoisotopic (exact) mass is 720 g/mol. The molecule has 0 atom stereocenters. The SMILES string of the molecule is C1=[N+](c2[c-]cc3c(c2)oc2ccccc23)c2ccccc2[N+]=1c1ccccc1.Cc1ccc(-c2[c-]cccc2)nc1.[Ir]. The number of pyridine rings is 1. The van der Waals surface area contributed by atoms with Crippen LogP contribution in [0.2, 0.25) is 0 Å². The molecule has 42 heavy (non-hydrogen) atoms. The van der Waals surface area contributed by atoms with Gasteiger partial charge in [0, 0.05) is 56.2 Å². The number of fused-ring (bicyclic) bond motifs is 4. The number of furan rings is 1. The predicted molar refractivity (Wildman–Crippen MR) is 167 cm³/mol. The molecule has 1 aliphatic heterocycles. The summed E-state index contributed by atoms with van der Waals surface area (Å²) >= 11 is 0. The van der Waals surface area contributed by atoms with Crippen molar-refractivity contribution in [3.05, 3.63) is 151 Å². The predicted octanol–water partition coefficient (Wildman–Crippen LogP) is 9.10. The number of benzene rings is 5. The van der Waals surface area contributed by atoms with Crippen LogP contribution >= 0.6 is 0 Å². The second kappa shape index (κ2) is 11.9. The van der Waals surface area contributed by atoms with Crippen LogP contribution in [0.3, 0.4) is 0 Å². The summed E-state index contributed by atoms with van der Waals surface area (Å²) in [7, 11) is 0. The van der Waals surface area contributed by atoms with Crippen LogP contribution in [-0.2, 0) is 20.1 Å². The molecule has 1 aliphatic rings. The summed E-state index contributed by atoms with van der Waals surface area (Å²) in [5.74, 6) is 0. The molecule has 1 radical (unpaired) electrons. The van der Waals surface area contributed by atoms with Crippen LogP contribution < -0.4 is 9.15 Å². The van der Waals surface area contributed by atoms with Gasteiger partial charge in [0.15, 0.2) is 0 Å². The first-order chi connectivity index (χ1) is 20.2. The zero-order valence-corrected chi connectivity index (χ0v) is 25.2. The largest absolute Gasteiger partial charge is 0.501 e. The van der Waals surface area contributed by atoms with Crippen LogP contribution in [0.25, 0.3) is 33.2 Å². The van der Waals surface area contributed by atoms with E-state index in [2.05, 4.69) is 64.1 Å². The summed E-state index contributed by atoms with van der Waals surface area (Å²) < 4.78 is 10.2. The Hall–Kier alpha value is -4.92. The quantitative estimate of drug-likeness (QED) is 0.135. The van der Waals surface area contributed by atoms with Gasteiger partial charge in [-0.15, -0.1) is 42.0 Å². The molecule has 4 nitrogen and oxygen atoms in total. The van der Waals surface area contributed by atoms with E-state index in [1.807, 2.05) is 109 Å². The Kier molecular flexibility index (Phi) is 7.72. The normalized spacial score (nSPS) is 11.6. The molecule has 0 aliphatic carbocycles. The number of aromatic nitrogens is 1. The van der Waals surface area contributed by atoms with Crippen molar-refractivity contribution in [3.63, 3.8) is 0 Å². The van der Waals surface area contributed by atoms with E-state index in [9.17, 15) is 0 Å². The Balaban J connectivity index is 0.000000191. The van der Waals surface area contributed by atoms with Crippen molar-refractivity contribution >= 4 is 50.7 Å². The summed E-state index contributed by atoms with van der Waals surface area (Å²) in [5.41, 5.74) is 9.08. The molecule has 203 valence electrons. The first-order valence-electron chi connectivity index (χ1n) is 13.5. The molecule has 7 aromatic rings. The van der Waals surface area contributed by atoms with Gasteiger partial charge < -0.3 is 9.40 Å². The van der Waals surface area contributed by atoms with Gasteiger partial charge in [0.2, 0.25) is 5.69 Å². The standard InChI is InChI=1S/C25H15N2O.C12H10N.Ir/c1-2-8-18(9-3-1)26-17-27(23-12-6-5-11-22(23)26)19-14-15-21-20-10-4-7-13-24(20)28-25(21)16-19;1-10-7-8-12(13-9-10)11-5-3-2-4-6-11;/h1-13,15-16H;2-5,7-9H,1H3;/q+1;-1;. The molecule has 5 aromatic carbocycles. The van der Waals surface area contributed by atoms with E-state index in [0.717, 1.165) is 55.9 Å². The molecule has 0 saturated heterocycles. The minimum absolute atomic E-state index is 0. The summed E-state index contributed by atoms with van der Waals surface area (Å²) in [6, 6.07) is 52.7. The molecule has 0 N–H and O–H groups in total. The van der Waals surface area contributed by atoms with Gasteiger partial charge in [-0.2, -0.15) is 6.07 Å². The molecule has 3 heterocycles. The fourth-order valence-electron chi connectivity index (χ4n) is 4.97. The smallest absolute Gasteiger partial charge is 0.483 e. The number of aryl methyl sites for hydroxylation is 1. The molecule has 5 heteroatoms. The van der Waals surface area contributed by atoms with Crippen molar-refractivity contribution in [2.45, 2.75) is 6.92 Å². The molecule has 2 aromatic heterocycles. The van der Waals surface area contributed by atoms with Gasteiger partial charge in [-0.25, -0.2) is 0 Å². The summed E-state index contributed by atoms with van der Waals surface area (Å²) in [6.07, 6.45) is 1.87. The van der Waals surface area contributed by atoms with Gasteiger partial charge in [-0.1, -0.05) is 76.7 Å². The van der Waals surface area contributed by atoms with Crippen molar-refractivity contribution < 1.29 is 24.5 Å². The number of hydrogen-bond acceptors (Lipinski definition) is 2.